The van der Waals surface area contributed by atoms with Crippen molar-refractivity contribution in [3.63, 3.8) is 0 Å². The summed E-state index contributed by atoms with van der Waals surface area (Å²) in [5.74, 6) is -0.466. The number of carbonyl (C=O) groups excluding carboxylic acids is 2. The topological polar surface area (TPSA) is 134 Å². The minimum atomic E-state index is -3.63. The Morgan fingerprint density at radius 1 is 1.13 bits per heavy atom. The summed E-state index contributed by atoms with van der Waals surface area (Å²) in [6.45, 7) is 0.902. The van der Waals surface area contributed by atoms with Gasteiger partial charge in [0.15, 0.2) is 9.84 Å². The number of amidine groups is 1. The number of nitrogens with two attached hydrogens (primary N) is 1. The van der Waals surface area contributed by atoms with Gasteiger partial charge < -0.3 is 15.4 Å². The quantitative estimate of drug-likeness (QED) is 0.380. The fourth-order valence-corrected chi connectivity index (χ4v) is 4.30. The van der Waals surface area contributed by atoms with Crippen molar-refractivity contribution < 1.29 is 22.7 Å². The first-order valence-corrected chi connectivity index (χ1v) is 11.4. The van der Waals surface area contributed by atoms with E-state index in [4.69, 9.17) is 11.1 Å². The van der Waals surface area contributed by atoms with Crippen LogP contribution in [0.2, 0.25) is 0 Å². The van der Waals surface area contributed by atoms with Crippen molar-refractivity contribution >= 4 is 33.4 Å². The maximum Gasteiger partial charge on any atom is 0.324 e. The molecule has 1 saturated heterocycles. The molecule has 1 aliphatic heterocycles. The van der Waals surface area contributed by atoms with Gasteiger partial charge in [-0.05, 0) is 23.3 Å². The van der Waals surface area contributed by atoms with Crippen LogP contribution in [0.3, 0.4) is 0 Å². The number of nitrogen functional groups attached to an aromatic ring is 1. The Balaban J connectivity index is 1.92. The van der Waals surface area contributed by atoms with Crippen LogP contribution in [0.4, 0.5) is 10.5 Å². The van der Waals surface area contributed by atoms with E-state index in [-0.39, 0.29) is 29.7 Å². The van der Waals surface area contributed by atoms with Crippen LogP contribution >= 0.6 is 0 Å². The van der Waals surface area contributed by atoms with Crippen LogP contribution in [0.25, 0.3) is 11.1 Å². The second kappa shape index (κ2) is 8.76. The molecule has 3 N–H and O–H groups in total. The van der Waals surface area contributed by atoms with Crippen molar-refractivity contribution in [2.75, 3.05) is 37.9 Å². The zero-order valence-electron chi connectivity index (χ0n) is 17.3. The van der Waals surface area contributed by atoms with Crippen LogP contribution in [-0.2, 0) is 19.4 Å². The Labute approximate surface area is 180 Å². The number of benzene rings is 2. The number of methoxy groups -OCH3 is 1. The maximum absolute atomic E-state index is 12.8. The lowest BCUT2D eigenvalue weighted by molar-refractivity contribution is -0.140. The fraction of sp³-hybridized carbons (Fsp3) is 0.286. The summed E-state index contributed by atoms with van der Waals surface area (Å²) < 4.78 is 29.7. The fourth-order valence-electron chi connectivity index (χ4n) is 3.40. The molecule has 0 aliphatic carbocycles. The molecule has 1 heterocycles. The van der Waals surface area contributed by atoms with Crippen LogP contribution in [0.1, 0.15) is 12.0 Å². The van der Waals surface area contributed by atoms with E-state index >= 15 is 0 Å². The standard InChI is InChI=1S/C21H24N4O5S/c1-30-19(26)9-10-24-11-12-25(21(24)27)17-8-7-16(13-18(17)31(2,28)29)14-3-5-15(6-4-14)20(22)23/h3-8,13H,9-12H2,1-2H3,(H3,22,23). The number of esters is 1. The number of hydrogen-bond acceptors (Lipinski definition) is 6. The van der Waals surface area contributed by atoms with E-state index in [1.807, 2.05) is 0 Å². The van der Waals surface area contributed by atoms with Gasteiger partial charge in [0.1, 0.15) is 5.84 Å². The molecule has 2 aromatic carbocycles. The number of nitrogens with zero attached hydrogens (tertiary/aromatic N) is 2. The zero-order valence-corrected chi connectivity index (χ0v) is 18.1. The van der Waals surface area contributed by atoms with Crippen LogP contribution in [0.5, 0.6) is 0 Å². The summed E-state index contributed by atoms with van der Waals surface area (Å²) in [5.41, 5.74) is 7.77. The Morgan fingerprint density at radius 3 is 2.35 bits per heavy atom. The summed E-state index contributed by atoms with van der Waals surface area (Å²) >= 11 is 0. The van der Waals surface area contributed by atoms with Gasteiger partial charge in [-0.15, -0.1) is 0 Å². The third kappa shape index (κ3) is 4.85. The van der Waals surface area contributed by atoms with Crippen molar-refractivity contribution in [2.24, 2.45) is 5.73 Å². The van der Waals surface area contributed by atoms with Gasteiger partial charge in [0.2, 0.25) is 0 Å². The molecule has 0 radical (unpaired) electrons. The van der Waals surface area contributed by atoms with E-state index in [1.165, 1.54) is 23.0 Å². The lowest BCUT2D eigenvalue weighted by Crippen LogP contribution is -2.34. The third-order valence-electron chi connectivity index (χ3n) is 5.09. The normalized spacial score (nSPS) is 14.1. The van der Waals surface area contributed by atoms with E-state index in [9.17, 15) is 18.0 Å². The lowest BCUT2D eigenvalue weighted by atomic mass is 10.0. The van der Waals surface area contributed by atoms with E-state index in [1.54, 1.807) is 36.4 Å². The second-order valence-electron chi connectivity index (χ2n) is 7.19. The Morgan fingerprint density at radius 2 is 1.77 bits per heavy atom. The molecule has 31 heavy (non-hydrogen) atoms. The summed E-state index contributed by atoms with van der Waals surface area (Å²) in [7, 11) is -2.35. The minimum Gasteiger partial charge on any atom is -0.469 e. The number of nitrogens with one attached hydrogen (secondary N) is 1. The molecule has 0 spiro atoms. The van der Waals surface area contributed by atoms with Gasteiger partial charge in [0.05, 0.1) is 24.1 Å². The predicted octanol–water partition coefficient (Wildman–Crippen LogP) is 1.85. The first-order valence-electron chi connectivity index (χ1n) is 9.54. The molecule has 0 atom stereocenters. The molecule has 1 fully saturated rings. The van der Waals surface area contributed by atoms with Crippen molar-refractivity contribution in [3.8, 4) is 11.1 Å². The highest BCUT2D eigenvalue weighted by Crippen LogP contribution is 2.33. The lowest BCUT2D eigenvalue weighted by Gasteiger charge is -2.21. The molecule has 0 saturated carbocycles. The number of ether oxygens (including phenoxy) is 1. The van der Waals surface area contributed by atoms with Crippen molar-refractivity contribution in [1.29, 1.82) is 5.41 Å². The Hall–Kier alpha value is -3.40. The number of anilines is 1. The molecular weight excluding hydrogens is 420 g/mol. The Kier molecular flexibility index (Phi) is 6.30. The number of sulfone groups is 1. The predicted molar refractivity (Wildman–Crippen MR) is 117 cm³/mol. The molecule has 9 nitrogen and oxygen atoms in total. The second-order valence-corrected chi connectivity index (χ2v) is 9.18. The van der Waals surface area contributed by atoms with Gasteiger partial charge >= 0.3 is 12.0 Å². The van der Waals surface area contributed by atoms with Gasteiger partial charge in [-0.1, -0.05) is 30.3 Å². The van der Waals surface area contributed by atoms with Crippen LogP contribution in [-0.4, -0.2) is 64.2 Å². The average molecular weight is 445 g/mol. The van der Waals surface area contributed by atoms with Gasteiger partial charge in [-0.3, -0.25) is 15.1 Å². The molecule has 0 bridgehead atoms. The molecular formula is C21H24N4O5S. The van der Waals surface area contributed by atoms with E-state index in [0.29, 0.717) is 29.9 Å². The van der Waals surface area contributed by atoms with Gasteiger partial charge in [0, 0.05) is 31.5 Å². The van der Waals surface area contributed by atoms with E-state index in [2.05, 4.69) is 4.74 Å². The molecule has 0 unspecified atom stereocenters. The third-order valence-corrected chi connectivity index (χ3v) is 6.21. The number of urea groups is 1. The molecule has 3 rings (SSSR count). The van der Waals surface area contributed by atoms with E-state index < -0.39 is 15.8 Å². The van der Waals surface area contributed by atoms with Crippen LogP contribution in [0, 0.1) is 5.41 Å². The number of rotatable bonds is 7. The summed E-state index contributed by atoms with van der Waals surface area (Å²) in [5, 5.41) is 7.48. The minimum absolute atomic E-state index is 0.0452. The van der Waals surface area contributed by atoms with E-state index in [0.717, 1.165) is 11.8 Å². The van der Waals surface area contributed by atoms with Crippen LogP contribution < -0.4 is 10.6 Å². The molecule has 2 aromatic rings. The Bertz CT molecular complexity index is 1130. The molecule has 164 valence electrons. The highest BCUT2D eigenvalue weighted by molar-refractivity contribution is 7.90. The smallest absolute Gasteiger partial charge is 0.324 e. The maximum atomic E-state index is 12.8. The largest absolute Gasteiger partial charge is 0.469 e. The van der Waals surface area contributed by atoms with Gasteiger partial charge in [-0.25, -0.2) is 13.2 Å². The van der Waals surface area contributed by atoms with Crippen molar-refractivity contribution in [1.82, 2.24) is 4.90 Å². The SMILES string of the molecule is COC(=O)CCN1CCN(c2ccc(-c3ccc(C(=N)N)cc3)cc2S(C)(=O)=O)C1=O. The number of amides is 2. The molecule has 10 heteroatoms. The first-order chi connectivity index (χ1) is 14.6. The molecule has 0 aromatic heterocycles. The van der Waals surface area contributed by atoms with Crippen molar-refractivity contribution in [2.45, 2.75) is 11.3 Å². The highest BCUT2D eigenvalue weighted by atomic mass is 32.2. The summed E-state index contributed by atoms with van der Waals surface area (Å²) in [4.78, 5) is 27.1. The monoisotopic (exact) mass is 444 g/mol. The average Bonchev–Trinajstić information content (AvgIpc) is 3.11. The van der Waals surface area contributed by atoms with Gasteiger partial charge in [0.25, 0.3) is 0 Å². The first kappa shape index (κ1) is 22.3. The van der Waals surface area contributed by atoms with Crippen molar-refractivity contribution in [3.05, 3.63) is 48.0 Å². The van der Waals surface area contributed by atoms with Gasteiger partial charge in [-0.2, -0.15) is 0 Å². The van der Waals surface area contributed by atoms with Crippen LogP contribution in [0.15, 0.2) is 47.4 Å². The highest BCUT2D eigenvalue weighted by Gasteiger charge is 2.32. The summed E-state index contributed by atoms with van der Waals surface area (Å²) in [6.07, 6.45) is 1.17. The number of hydrogen-bond donors (Lipinski definition) is 2. The molecule has 1 aliphatic rings. The number of carbonyl (C=O) groups is 2. The summed E-state index contributed by atoms with van der Waals surface area (Å²) in [6, 6.07) is 11.4. The zero-order chi connectivity index (χ0) is 22.8. The molecule has 2 amide bonds.